The van der Waals surface area contributed by atoms with Crippen LogP contribution >= 0.6 is 24.0 Å². The van der Waals surface area contributed by atoms with Gasteiger partial charge in [0.1, 0.15) is 0 Å². The van der Waals surface area contributed by atoms with Gasteiger partial charge in [0.2, 0.25) is 0 Å². The first-order chi connectivity index (χ1) is 11.9. The standard InChI is InChI=1S/C18H29N5O2.HI/c1-18(2,22-10-5-4-6-11-22)14-21-17(19-3)20-13-15-8-7-9-16(12-15)23(24)25;/h7-9,12H,4-6,10-11,13-14H2,1-3H3,(H2,19,20,21);1H. The second-order valence-electron chi connectivity index (χ2n) is 7.07. The number of benzene rings is 1. The van der Waals surface area contributed by atoms with Gasteiger partial charge in [-0.15, -0.1) is 24.0 Å². The molecule has 2 N–H and O–H groups in total. The largest absolute Gasteiger partial charge is 0.355 e. The second-order valence-corrected chi connectivity index (χ2v) is 7.07. The van der Waals surface area contributed by atoms with Crippen molar-refractivity contribution in [3.8, 4) is 0 Å². The molecular weight excluding hydrogens is 445 g/mol. The molecule has 2 rings (SSSR count). The summed E-state index contributed by atoms with van der Waals surface area (Å²) >= 11 is 0. The number of nitro benzene ring substituents is 1. The van der Waals surface area contributed by atoms with E-state index in [2.05, 4.69) is 34.4 Å². The average molecular weight is 475 g/mol. The van der Waals surface area contributed by atoms with Crippen LogP contribution in [0.3, 0.4) is 0 Å². The minimum atomic E-state index is -0.377. The van der Waals surface area contributed by atoms with Crippen molar-refractivity contribution in [2.24, 2.45) is 4.99 Å². The molecule has 1 aromatic rings. The number of guanidine groups is 1. The van der Waals surface area contributed by atoms with Crippen LogP contribution in [-0.2, 0) is 6.54 Å². The molecular formula is C18H30IN5O2. The molecule has 0 aliphatic carbocycles. The highest BCUT2D eigenvalue weighted by atomic mass is 127. The first-order valence-corrected chi connectivity index (χ1v) is 8.85. The van der Waals surface area contributed by atoms with Gasteiger partial charge in [-0.2, -0.15) is 0 Å². The zero-order chi connectivity index (χ0) is 18.3. The van der Waals surface area contributed by atoms with Crippen LogP contribution in [0.4, 0.5) is 5.69 Å². The maximum atomic E-state index is 10.9. The van der Waals surface area contributed by atoms with Crippen LogP contribution in [0.2, 0.25) is 0 Å². The lowest BCUT2D eigenvalue weighted by atomic mass is 9.98. The third kappa shape index (κ3) is 6.71. The van der Waals surface area contributed by atoms with Crippen LogP contribution in [0.25, 0.3) is 0 Å². The van der Waals surface area contributed by atoms with Crippen molar-refractivity contribution in [3.05, 3.63) is 39.9 Å². The molecule has 7 nitrogen and oxygen atoms in total. The van der Waals surface area contributed by atoms with E-state index in [0.29, 0.717) is 12.5 Å². The molecule has 0 spiro atoms. The number of piperidine rings is 1. The Labute approximate surface area is 172 Å². The summed E-state index contributed by atoms with van der Waals surface area (Å²) in [6.07, 6.45) is 3.86. The number of nitro groups is 1. The smallest absolute Gasteiger partial charge is 0.269 e. The first kappa shape index (κ1) is 22.6. The van der Waals surface area contributed by atoms with Crippen molar-refractivity contribution in [3.63, 3.8) is 0 Å². The molecule has 0 saturated carbocycles. The van der Waals surface area contributed by atoms with Crippen molar-refractivity contribution < 1.29 is 4.92 Å². The van der Waals surface area contributed by atoms with Gasteiger partial charge in [0, 0.05) is 37.8 Å². The van der Waals surface area contributed by atoms with E-state index in [-0.39, 0.29) is 40.1 Å². The molecule has 1 aromatic carbocycles. The van der Waals surface area contributed by atoms with Crippen LogP contribution in [0.1, 0.15) is 38.7 Å². The molecule has 0 unspecified atom stereocenters. The predicted octanol–water partition coefficient (Wildman–Crippen LogP) is 3.14. The molecule has 146 valence electrons. The Hall–Kier alpha value is -1.42. The Morgan fingerprint density at radius 1 is 1.27 bits per heavy atom. The van der Waals surface area contributed by atoms with Gasteiger partial charge in [0.05, 0.1) is 4.92 Å². The fraction of sp³-hybridized carbons (Fsp3) is 0.611. The number of rotatable bonds is 6. The zero-order valence-electron chi connectivity index (χ0n) is 15.8. The van der Waals surface area contributed by atoms with Crippen LogP contribution in [0.5, 0.6) is 0 Å². The molecule has 0 radical (unpaired) electrons. The third-order valence-corrected chi connectivity index (χ3v) is 4.71. The molecule has 0 aromatic heterocycles. The summed E-state index contributed by atoms with van der Waals surface area (Å²) in [4.78, 5) is 17.3. The maximum absolute atomic E-state index is 10.9. The SMILES string of the molecule is CN=C(NCc1cccc([N+](=O)[O-])c1)NCC(C)(C)N1CCCCC1.I. The molecule has 0 atom stereocenters. The van der Waals surface area contributed by atoms with Crippen molar-refractivity contribution in [1.29, 1.82) is 0 Å². The van der Waals surface area contributed by atoms with E-state index in [0.717, 1.165) is 25.2 Å². The highest BCUT2D eigenvalue weighted by Gasteiger charge is 2.27. The number of hydrogen-bond acceptors (Lipinski definition) is 4. The fourth-order valence-electron chi connectivity index (χ4n) is 3.10. The Morgan fingerprint density at radius 2 is 1.96 bits per heavy atom. The van der Waals surface area contributed by atoms with Crippen LogP contribution in [0.15, 0.2) is 29.3 Å². The average Bonchev–Trinajstić information content (AvgIpc) is 2.63. The number of likely N-dealkylation sites (tertiary alicyclic amines) is 1. The summed E-state index contributed by atoms with van der Waals surface area (Å²) < 4.78 is 0. The molecule has 1 aliphatic rings. The molecule has 1 fully saturated rings. The van der Waals surface area contributed by atoms with E-state index in [9.17, 15) is 10.1 Å². The van der Waals surface area contributed by atoms with E-state index in [4.69, 9.17) is 0 Å². The number of halogens is 1. The molecule has 8 heteroatoms. The number of nitrogens with zero attached hydrogens (tertiary/aromatic N) is 3. The Balaban J connectivity index is 0.00000338. The quantitative estimate of drug-likeness (QED) is 0.217. The molecule has 0 bridgehead atoms. The summed E-state index contributed by atoms with van der Waals surface area (Å²) in [5.41, 5.74) is 1.02. The van der Waals surface area contributed by atoms with Gasteiger partial charge in [0.25, 0.3) is 5.69 Å². The van der Waals surface area contributed by atoms with E-state index in [1.807, 2.05) is 6.07 Å². The van der Waals surface area contributed by atoms with E-state index >= 15 is 0 Å². The van der Waals surface area contributed by atoms with Gasteiger partial charge >= 0.3 is 0 Å². The number of aliphatic imine (C=N–C) groups is 1. The Kier molecular flexibility index (Phi) is 9.28. The molecule has 1 heterocycles. The Bertz CT molecular complexity index is 615. The normalized spacial score (nSPS) is 15.9. The monoisotopic (exact) mass is 475 g/mol. The van der Waals surface area contributed by atoms with Crippen molar-refractivity contribution >= 4 is 35.6 Å². The minimum absolute atomic E-state index is 0. The topological polar surface area (TPSA) is 82.8 Å². The summed E-state index contributed by atoms with van der Waals surface area (Å²) in [6, 6.07) is 6.64. The van der Waals surface area contributed by atoms with Crippen LogP contribution < -0.4 is 10.6 Å². The van der Waals surface area contributed by atoms with Crippen LogP contribution in [-0.4, -0.2) is 48.0 Å². The van der Waals surface area contributed by atoms with Gasteiger partial charge in [-0.05, 0) is 45.3 Å². The second kappa shape index (κ2) is 10.7. The van der Waals surface area contributed by atoms with E-state index in [1.165, 1.54) is 25.3 Å². The number of hydrogen-bond donors (Lipinski definition) is 2. The Morgan fingerprint density at radius 3 is 2.58 bits per heavy atom. The van der Waals surface area contributed by atoms with Gasteiger partial charge in [0.15, 0.2) is 5.96 Å². The highest BCUT2D eigenvalue weighted by molar-refractivity contribution is 14.0. The fourth-order valence-corrected chi connectivity index (χ4v) is 3.10. The number of non-ortho nitro benzene ring substituents is 1. The van der Waals surface area contributed by atoms with E-state index < -0.39 is 0 Å². The lowest BCUT2D eigenvalue weighted by Crippen LogP contribution is -2.54. The minimum Gasteiger partial charge on any atom is -0.355 e. The van der Waals surface area contributed by atoms with Crippen LogP contribution in [0, 0.1) is 10.1 Å². The summed E-state index contributed by atoms with van der Waals surface area (Å²) in [7, 11) is 1.73. The first-order valence-electron chi connectivity index (χ1n) is 8.85. The summed E-state index contributed by atoms with van der Waals surface area (Å²) in [5.74, 6) is 0.705. The van der Waals surface area contributed by atoms with Gasteiger partial charge < -0.3 is 10.6 Å². The molecule has 26 heavy (non-hydrogen) atoms. The van der Waals surface area contributed by atoms with Crippen molar-refractivity contribution in [2.75, 3.05) is 26.7 Å². The lowest BCUT2D eigenvalue weighted by molar-refractivity contribution is -0.384. The molecule has 1 saturated heterocycles. The predicted molar refractivity (Wildman–Crippen MR) is 116 cm³/mol. The van der Waals surface area contributed by atoms with Crippen molar-refractivity contribution in [1.82, 2.24) is 15.5 Å². The maximum Gasteiger partial charge on any atom is 0.269 e. The summed E-state index contributed by atoms with van der Waals surface area (Å²) in [5, 5.41) is 17.5. The molecule has 1 aliphatic heterocycles. The van der Waals surface area contributed by atoms with Gasteiger partial charge in [-0.25, -0.2) is 0 Å². The molecule has 0 amide bonds. The van der Waals surface area contributed by atoms with Crippen molar-refractivity contribution in [2.45, 2.75) is 45.2 Å². The summed E-state index contributed by atoms with van der Waals surface area (Å²) in [6.45, 7) is 8.08. The third-order valence-electron chi connectivity index (χ3n) is 4.71. The highest BCUT2D eigenvalue weighted by Crippen LogP contribution is 2.19. The number of nitrogens with one attached hydrogen (secondary N) is 2. The lowest BCUT2D eigenvalue weighted by Gasteiger charge is -2.41. The van der Waals surface area contributed by atoms with Gasteiger partial charge in [-0.3, -0.25) is 20.0 Å². The van der Waals surface area contributed by atoms with E-state index in [1.54, 1.807) is 19.2 Å². The zero-order valence-corrected chi connectivity index (χ0v) is 18.2. The van der Waals surface area contributed by atoms with Gasteiger partial charge in [-0.1, -0.05) is 18.6 Å².